The van der Waals surface area contributed by atoms with Gasteiger partial charge in [-0.15, -0.1) is 0 Å². The molecule has 1 aliphatic heterocycles. The second-order valence-electron chi connectivity index (χ2n) is 7.10. The standard InChI is InChI=1S/C21H26FN5O2S/c1-2-16(22)14-29-19-5-3-4-15(8-19)6-7-23-9-17-10-25-18(11-24-17)12-27-13-20(30)26-21(27)28/h3-5,8,10-11,16,23H,2,6-7,9,12-14H2,1H3,(H,26,28,30). The molecule has 0 bridgehead atoms. The molecule has 7 nitrogen and oxygen atoms in total. The van der Waals surface area contributed by atoms with Crippen LogP contribution >= 0.6 is 12.2 Å². The second-order valence-corrected chi connectivity index (χ2v) is 7.59. The average Bonchev–Trinajstić information content (AvgIpc) is 3.07. The molecule has 30 heavy (non-hydrogen) atoms. The molecule has 2 heterocycles. The normalized spacial score (nSPS) is 14.7. The lowest BCUT2D eigenvalue weighted by Gasteiger charge is -2.12. The van der Waals surface area contributed by atoms with Crippen LogP contribution in [0.25, 0.3) is 0 Å². The maximum absolute atomic E-state index is 13.3. The maximum Gasteiger partial charge on any atom is 0.323 e. The van der Waals surface area contributed by atoms with Gasteiger partial charge in [-0.05, 0) is 37.1 Å². The molecule has 1 saturated heterocycles. The highest BCUT2D eigenvalue weighted by molar-refractivity contribution is 7.80. The maximum atomic E-state index is 13.3. The van der Waals surface area contributed by atoms with Gasteiger partial charge in [0.25, 0.3) is 0 Å². The van der Waals surface area contributed by atoms with Crippen LogP contribution in [0.5, 0.6) is 5.75 Å². The number of thiocarbonyl (C=S) groups is 1. The number of hydrogen-bond acceptors (Lipinski definition) is 6. The third-order valence-corrected chi connectivity index (χ3v) is 4.88. The predicted octanol–water partition coefficient (Wildman–Crippen LogP) is 2.79. The van der Waals surface area contributed by atoms with Crippen LogP contribution in [0, 0.1) is 0 Å². The number of amides is 2. The molecule has 1 unspecified atom stereocenters. The van der Waals surface area contributed by atoms with Gasteiger partial charge in [0, 0.05) is 6.54 Å². The van der Waals surface area contributed by atoms with Crippen LogP contribution in [0.4, 0.5) is 9.18 Å². The Balaban J connectivity index is 1.39. The summed E-state index contributed by atoms with van der Waals surface area (Å²) in [6.45, 7) is 4.04. The fourth-order valence-corrected chi connectivity index (χ4v) is 3.15. The summed E-state index contributed by atoms with van der Waals surface area (Å²) in [5.41, 5.74) is 2.66. The van der Waals surface area contributed by atoms with Crippen molar-refractivity contribution in [3.8, 4) is 5.75 Å². The summed E-state index contributed by atoms with van der Waals surface area (Å²) in [6.07, 6.45) is 3.73. The number of carbonyl (C=O) groups is 1. The Labute approximate surface area is 181 Å². The van der Waals surface area contributed by atoms with E-state index in [0.717, 1.165) is 24.2 Å². The van der Waals surface area contributed by atoms with Gasteiger partial charge in [-0.3, -0.25) is 9.97 Å². The summed E-state index contributed by atoms with van der Waals surface area (Å²) < 4.78 is 18.8. The number of halogens is 1. The molecule has 3 rings (SSSR count). The molecule has 2 aromatic rings. The Bertz CT molecular complexity index is 865. The van der Waals surface area contributed by atoms with E-state index in [2.05, 4.69) is 20.6 Å². The summed E-state index contributed by atoms with van der Waals surface area (Å²) in [6, 6.07) is 7.53. The number of carbonyl (C=O) groups excluding carboxylic acids is 1. The molecule has 1 aromatic heterocycles. The number of hydrogen-bond donors (Lipinski definition) is 2. The number of rotatable bonds is 11. The largest absolute Gasteiger partial charge is 0.491 e. The summed E-state index contributed by atoms with van der Waals surface area (Å²) >= 11 is 5.00. The van der Waals surface area contributed by atoms with Gasteiger partial charge in [-0.2, -0.15) is 0 Å². The van der Waals surface area contributed by atoms with Crippen molar-refractivity contribution in [1.82, 2.24) is 25.5 Å². The number of aromatic nitrogens is 2. The van der Waals surface area contributed by atoms with E-state index in [1.807, 2.05) is 24.3 Å². The van der Waals surface area contributed by atoms with Crippen molar-refractivity contribution in [2.45, 2.75) is 39.0 Å². The number of urea groups is 1. The van der Waals surface area contributed by atoms with Crippen molar-refractivity contribution in [1.29, 1.82) is 0 Å². The Morgan fingerprint density at radius 2 is 2.13 bits per heavy atom. The van der Waals surface area contributed by atoms with Crippen LogP contribution in [-0.2, 0) is 19.5 Å². The van der Waals surface area contributed by atoms with Crippen molar-refractivity contribution in [2.24, 2.45) is 0 Å². The van der Waals surface area contributed by atoms with Crippen molar-refractivity contribution in [3.05, 3.63) is 53.6 Å². The first-order valence-electron chi connectivity index (χ1n) is 9.98. The predicted molar refractivity (Wildman–Crippen MR) is 116 cm³/mol. The van der Waals surface area contributed by atoms with Gasteiger partial charge >= 0.3 is 6.03 Å². The lowest BCUT2D eigenvalue weighted by atomic mass is 10.1. The Morgan fingerprint density at radius 1 is 1.33 bits per heavy atom. The highest BCUT2D eigenvalue weighted by Gasteiger charge is 2.24. The molecule has 9 heteroatoms. The van der Waals surface area contributed by atoms with Crippen LogP contribution in [0.2, 0.25) is 0 Å². The molecule has 2 N–H and O–H groups in total. The van der Waals surface area contributed by atoms with Crippen LogP contribution < -0.4 is 15.4 Å². The molecule has 0 aliphatic carbocycles. The average molecular weight is 432 g/mol. The first-order valence-corrected chi connectivity index (χ1v) is 10.4. The summed E-state index contributed by atoms with van der Waals surface area (Å²) in [5, 5.41) is 5.94. The smallest absolute Gasteiger partial charge is 0.323 e. The lowest BCUT2D eigenvalue weighted by molar-refractivity contribution is 0.191. The van der Waals surface area contributed by atoms with Gasteiger partial charge in [-0.1, -0.05) is 31.3 Å². The van der Waals surface area contributed by atoms with E-state index in [0.29, 0.717) is 42.5 Å². The third-order valence-electron chi connectivity index (χ3n) is 4.65. The van der Waals surface area contributed by atoms with Gasteiger partial charge in [-0.25, -0.2) is 9.18 Å². The molecular weight excluding hydrogens is 405 g/mol. The quantitative estimate of drug-likeness (QED) is 0.421. The van der Waals surface area contributed by atoms with Gasteiger partial charge in [0.15, 0.2) is 0 Å². The first-order chi connectivity index (χ1) is 14.5. The van der Waals surface area contributed by atoms with E-state index in [-0.39, 0.29) is 12.6 Å². The fourth-order valence-electron chi connectivity index (χ4n) is 2.91. The highest BCUT2D eigenvalue weighted by Crippen LogP contribution is 2.15. The third kappa shape index (κ3) is 6.70. The molecule has 0 spiro atoms. The number of nitrogens with one attached hydrogen (secondary N) is 2. The minimum absolute atomic E-state index is 0.0853. The zero-order chi connectivity index (χ0) is 21.3. The zero-order valence-corrected chi connectivity index (χ0v) is 17.8. The van der Waals surface area contributed by atoms with Crippen LogP contribution in [-0.4, -0.2) is 51.8 Å². The number of nitrogens with zero attached hydrogens (tertiary/aromatic N) is 3. The number of alkyl halides is 1. The lowest BCUT2D eigenvalue weighted by Crippen LogP contribution is -2.28. The first kappa shape index (κ1) is 22.0. The second kappa shape index (κ2) is 10.9. The van der Waals surface area contributed by atoms with Crippen molar-refractivity contribution >= 4 is 23.2 Å². The molecular formula is C21H26FN5O2S. The van der Waals surface area contributed by atoms with E-state index >= 15 is 0 Å². The molecule has 160 valence electrons. The Morgan fingerprint density at radius 3 is 2.83 bits per heavy atom. The minimum Gasteiger partial charge on any atom is -0.491 e. The Kier molecular flexibility index (Phi) is 8.04. The van der Waals surface area contributed by atoms with Gasteiger partial charge in [0.1, 0.15) is 23.5 Å². The van der Waals surface area contributed by atoms with Crippen LogP contribution in [0.1, 0.15) is 30.3 Å². The van der Waals surface area contributed by atoms with E-state index in [1.165, 1.54) is 0 Å². The fraction of sp³-hybridized carbons (Fsp3) is 0.429. The van der Waals surface area contributed by atoms with Crippen LogP contribution in [0.15, 0.2) is 36.7 Å². The minimum atomic E-state index is -0.937. The molecule has 1 aromatic carbocycles. The Hall–Kier alpha value is -2.65. The van der Waals surface area contributed by atoms with E-state index in [4.69, 9.17) is 17.0 Å². The van der Waals surface area contributed by atoms with Crippen molar-refractivity contribution < 1.29 is 13.9 Å². The number of ether oxygens (including phenoxy) is 1. The zero-order valence-electron chi connectivity index (χ0n) is 16.9. The summed E-state index contributed by atoms with van der Waals surface area (Å²) in [4.78, 5) is 22.6. The van der Waals surface area contributed by atoms with Crippen molar-refractivity contribution in [3.63, 3.8) is 0 Å². The van der Waals surface area contributed by atoms with E-state index < -0.39 is 6.17 Å². The highest BCUT2D eigenvalue weighted by atomic mass is 32.1. The summed E-state index contributed by atoms with van der Waals surface area (Å²) in [5.74, 6) is 0.692. The van der Waals surface area contributed by atoms with Gasteiger partial charge in [0.2, 0.25) is 0 Å². The van der Waals surface area contributed by atoms with E-state index in [9.17, 15) is 9.18 Å². The van der Waals surface area contributed by atoms with Gasteiger partial charge < -0.3 is 20.3 Å². The SMILES string of the molecule is CCC(F)COc1cccc(CCNCc2cnc(CN3CC(=S)NC3=O)cn2)c1. The molecule has 1 fully saturated rings. The van der Waals surface area contributed by atoms with Crippen LogP contribution in [0.3, 0.4) is 0 Å². The molecule has 1 aliphatic rings. The molecule has 1 atom stereocenters. The van der Waals surface area contributed by atoms with Crippen molar-refractivity contribution in [2.75, 3.05) is 19.7 Å². The molecule has 0 saturated carbocycles. The molecule has 0 radical (unpaired) electrons. The monoisotopic (exact) mass is 431 g/mol. The van der Waals surface area contributed by atoms with E-state index in [1.54, 1.807) is 24.2 Å². The summed E-state index contributed by atoms with van der Waals surface area (Å²) in [7, 11) is 0. The topological polar surface area (TPSA) is 79.4 Å². The van der Waals surface area contributed by atoms with Gasteiger partial charge in [0.05, 0.1) is 36.9 Å². The number of benzene rings is 1. The molecule has 2 amide bonds.